The van der Waals surface area contributed by atoms with Crippen molar-refractivity contribution in [2.24, 2.45) is 5.92 Å². The van der Waals surface area contributed by atoms with Crippen molar-refractivity contribution in [3.05, 3.63) is 29.3 Å². The highest BCUT2D eigenvalue weighted by molar-refractivity contribution is 9.10. The number of carbonyl (C=O) groups is 3. The highest BCUT2D eigenvalue weighted by Gasteiger charge is 2.27. The smallest absolute Gasteiger partial charge is 0.259 e. The molecule has 100 valence electrons. The van der Waals surface area contributed by atoms with Crippen molar-refractivity contribution < 1.29 is 14.4 Å². The Morgan fingerprint density at radius 3 is 2.47 bits per heavy atom. The van der Waals surface area contributed by atoms with Crippen LogP contribution in [0.15, 0.2) is 18.2 Å². The number of hydrogen-bond acceptors (Lipinski definition) is 3. The average Bonchev–Trinajstić information content (AvgIpc) is 2.63. The Morgan fingerprint density at radius 2 is 1.84 bits per heavy atom. The molecule has 1 heterocycles. The van der Waals surface area contributed by atoms with Crippen LogP contribution < -0.4 is 10.6 Å². The fourth-order valence-electron chi connectivity index (χ4n) is 1.76. The highest BCUT2D eigenvalue weighted by atomic mass is 79.9. The van der Waals surface area contributed by atoms with Crippen LogP contribution in [0.3, 0.4) is 0 Å². The molecule has 1 aliphatic rings. The Labute approximate surface area is 118 Å². The van der Waals surface area contributed by atoms with Gasteiger partial charge in [0.05, 0.1) is 16.0 Å². The Morgan fingerprint density at radius 1 is 1.21 bits per heavy atom. The molecule has 19 heavy (non-hydrogen) atoms. The molecule has 1 aromatic carbocycles. The van der Waals surface area contributed by atoms with Crippen LogP contribution in [0.2, 0.25) is 0 Å². The number of imide groups is 1. The molecule has 0 aromatic heterocycles. The van der Waals surface area contributed by atoms with Crippen molar-refractivity contribution in [2.75, 3.05) is 5.32 Å². The second kappa shape index (κ2) is 5.13. The molecule has 0 fully saturated rings. The number of alkyl halides is 1. The van der Waals surface area contributed by atoms with Crippen molar-refractivity contribution >= 4 is 39.3 Å². The monoisotopic (exact) mass is 324 g/mol. The van der Waals surface area contributed by atoms with Crippen LogP contribution in [0.25, 0.3) is 0 Å². The number of fused-ring (bicyclic) bond motifs is 1. The molecular formula is C13H13BrN2O3. The lowest BCUT2D eigenvalue weighted by molar-refractivity contribution is -0.116. The van der Waals surface area contributed by atoms with E-state index in [4.69, 9.17) is 0 Å². The zero-order chi connectivity index (χ0) is 14.2. The standard InChI is InChI=1S/C13H13BrN2O3/c1-6(2)10(14)13(19)15-7-3-4-8-9(5-7)12(18)16-11(8)17/h3-6,10H,1-2H3,(H,15,19)(H,16,17,18). The molecule has 3 amide bonds. The lowest BCUT2D eigenvalue weighted by Crippen LogP contribution is -2.27. The Kier molecular flexibility index (Phi) is 3.71. The van der Waals surface area contributed by atoms with Crippen LogP contribution in [-0.2, 0) is 4.79 Å². The van der Waals surface area contributed by atoms with Gasteiger partial charge in [-0.3, -0.25) is 19.7 Å². The van der Waals surface area contributed by atoms with Crippen LogP contribution in [-0.4, -0.2) is 22.5 Å². The van der Waals surface area contributed by atoms with E-state index in [2.05, 4.69) is 26.6 Å². The lowest BCUT2D eigenvalue weighted by atomic mass is 10.1. The maximum atomic E-state index is 11.9. The molecule has 1 atom stereocenters. The number of carbonyl (C=O) groups excluding carboxylic acids is 3. The van der Waals surface area contributed by atoms with Gasteiger partial charge in [0.25, 0.3) is 11.8 Å². The van der Waals surface area contributed by atoms with Gasteiger partial charge < -0.3 is 5.32 Å². The van der Waals surface area contributed by atoms with E-state index in [0.717, 1.165) is 0 Å². The Balaban J connectivity index is 2.20. The number of rotatable bonds is 3. The molecule has 6 heteroatoms. The molecule has 1 aromatic rings. The van der Waals surface area contributed by atoms with Crippen LogP contribution in [0.5, 0.6) is 0 Å². The largest absolute Gasteiger partial charge is 0.325 e. The van der Waals surface area contributed by atoms with Gasteiger partial charge in [0.15, 0.2) is 0 Å². The zero-order valence-electron chi connectivity index (χ0n) is 10.5. The van der Waals surface area contributed by atoms with Gasteiger partial charge in [-0.05, 0) is 24.1 Å². The number of benzene rings is 1. The van der Waals surface area contributed by atoms with Gasteiger partial charge in [0, 0.05) is 5.69 Å². The van der Waals surface area contributed by atoms with Gasteiger partial charge in [-0.25, -0.2) is 0 Å². The summed E-state index contributed by atoms with van der Waals surface area (Å²) in [4.78, 5) is 34.4. The van der Waals surface area contributed by atoms with Gasteiger partial charge >= 0.3 is 0 Å². The fourth-order valence-corrected chi connectivity index (χ4v) is 1.87. The third kappa shape index (κ3) is 2.68. The topological polar surface area (TPSA) is 75.3 Å². The molecule has 0 radical (unpaired) electrons. The summed E-state index contributed by atoms with van der Waals surface area (Å²) < 4.78 is 0. The first-order valence-electron chi connectivity index (χ1n) is 5.85. The minimum Gasteiger partial charge on any atom is -0.325 e. The molecule has 0 spiro atoms. The molecule has 0 aliphatic carbocycles. The zero-order valence-corrected chi connectivity index (χ0v) is 12.1. The molecule has 1 aliphatic heterocycles. The third-order valence-corrected chi connectivity index (χ3v) is 4.31. The van der Waals surface area contributed by atoms with E-state index < -0.39 is 11.8 Å². The summed E-state index contributed by atoms with van der Waals surface area (Å²) >= 11 is 3.30. The van der Waals surface area contributed by atoms with E-state index in [1.54, 1.807) is 6.07 Å². The van der Waals surface area contributed by atoms with Crippen molar-refractivity contribution in [3.8, 4) is 0 Å². The number of anilines is 1. The molecule has 2 rings (SSSR count). The summed E-state index contributed by atoms with van der Waals surface area (Å²) in [6, 6.07) is 4.65. The molecule has 0 saturated carbocycles. The summed E-state index contributed by atoms with van der Waals surface area (Å²) in [5, 5.41) is 4.91. The van der Waals surface area contributed by atoms with Crippen LogP contribution in [0, 0.1) is 5.92 Å². The first-order chi connectivity index (χ1) is 8.90. The first kappa shape index (κ1) is 13.7. The highest BCUT2D eigenvalue weighted by Crippen LogP contribution is 2.21. The van der Waals surface area contributed by atoms with Crippen molar-refractivity contribution in [1.29, 1.82) is 0 Å². The van der Waals surface area contributed by atoms with Gasteiger partial charge in [-0.2, -0.15) is 0 Å². The SMILES string of the molecule is CC(C)C(Br)C(=O)Nc1ccc2c(c1)C(=O)NC2=O. The van der Waals surface area contributed by atoms with E-state index in [1.807, 2.05) is 13.8 Å². The summed E-state index contributed by atoms with van der Waals surface area (Å²) in [7, 11) is 0. The van der Waals surface area contributed by atoms with Gasteiger partial charge in [0.2, 0.25) is 5.91 Å². The molecule has 2 N–H and O–H groups in total. The maximum absolute atomic E-state index is 11.9. The van der Waals surface area contributed by atoms with E-state index >= 15 is 0 Å². The molecule has 5 nitrogen and oxygen atoms in total. The van der Waals surface area contributed by atoms with Crippen molar-refractivity contribution in [3.63, 3.8) is 0 Å². The van der Waals surface area contributed by atoms with Gasteiger partial charge in [-0.15, -0.1) is 0 Å². The molecule has 0 bridgehead atoms. The maximum Gasteiger partial charge on any atom is 0.259 e. The number of nitrogens with one attached hydrogen (secondary N) is 2. The first-order valence-corrected chi connectivity index (χ1v) is 6.76. The average molecular weight is 325 g/mol. The minimum absolute atomic E-state index is 0.152. The number of halogens is 1. The van der Waals surface area contributed by atoms with Crippen LogP contribution in [0.4, 0.5) is 5.69 Å². The number of amides is 3. The number of hydrogen-bond donors (Lipinski definition) is 2. The quantitative estimate of drug-likeness (QED) is 0.659. The van der Waals surface area contributed by atoms with E-state index in [-0.39, 0.29) is 16.7 Å². The van der Waals surface area contributed by atoms with Crippen LogP contribution >= 0.6 is 15.9 Å². The predicted molar refractivity (Wildman–Crippen MR) is 74.4 cm³/mol. The van der Waals surface area contributed by atoms with Crippen molar-refractivity contribution in [1.82, 2.24) is 5.32 Å². The molecule has 0 saturated heterocycles. The summed E-state index contributed by atoms with van der Waals surface area (Å²) in [5.74, 6) is -0.868. The van der Waals surface area contributed by atoms with Crippen LogP contribution in [0.1, 0.15) is 34.6 Å². The van der Waals surface area contributed by atoms with E-state index in [9.17, 15) is 14.4 Å². The third-order valence-electron chi connectivity index (χ3n) is 2.84. The summed E-state index contributed by atoms with van der Waals surface area (Å²) in [6.07, 6.45) is 0. The predicted octanol–water partition coefficient (Wildman–Crippen LogP) is 1.93. The van der Waals surface area contributed by atoms with E-state index in [1.165, 1.54) is 12.1 Å². The normalized spacial score (nSPS) is 15.2. The summed E-state index contributed by atoms with van der Waals surface area (Å²) in [6.45, 7) is 3.85. The fraction of sp³-hybridized carbons (Fsp3) is 0.308. The van der Waals surface area contributed by atoms with Gasteiger partial charge in [0.1, 0.15) is 0 Å². The molecule has 1 unspecified atom stereocenters. The second-order valence-electron chi connectivity index (χ2n) is 4.68. The second-order valence-corrected chi connectivity index (χ2v) is 5.67. The molecular weight excluding hydrogens is 312 g/mol. The summed E-state index contributed by atoms with van der Waals surface area (Å²) in [5.41, 5.74) is 1.12. The minimum atomic E-state index is -0.435. The Hall–Kier alpha value is -1.69. The van der Waals surface area contributed by atoms with E-state index in [0.29, 0.717) is 16.8 Å². The lowest BCUT2D eigenvalue weighted by Gasteiger charge is -2.14. The van der Waals surface area contributed by atoms with Crippen molar-refractivity contribution in [2.45, 2.75) is 18.7 Å². The van der Waals surface area contributed by atoms with Gasteiger partial charge in [-0.1, -0.05) is 29.8 Å². The Bertz CT molecular complexity index is 569.